The molecule has 0 fully saturated rings. The summed E-state index contributed by atoms with van der Waals surface area (Å²) in [6.07, 6.45) is -2.48. The van der Waals surface area contributed by atoms with Crippen LogP contribution in [0.4, 0.5) is 8.78 Å². The maximum Gasteiger partial charge on any atom is 0.322 e. The van der Waals surface area contributed by atoms with Crippen molar-refractivity contribution >= 4 is 5.97 Å². The second kappa shape index (κ2) is 5.85. The van der Waals surface area contributed by atoms with Crippen LogP contribution >= 0.6 is 0 Å². The van der Waals surface area contributed by atoms with Crippen molar-refractivity contribution < 1.29 is 18.3 Å². The topological polar surface area (TPSA) is 38.3 Å². The lowest BCUT2D eigenvalue weighted by atomic mass is 10.2. The number of carbonyl (C=O) groups is 1. The molecule has 0 radical (unpaired) electrons. The van der Waals surface area contributed by atoms with Gasteiger partial charge in [-0.1, -0.05) is 0 Å². The number of ether oxygens (including phenoxy) is 1. The van der Waals surface area contributed by atoms with Crippen LogP contribution < -0.4 is 5.32 Å². The highest BCUT2D eigenvalue weighted by atomic mass is 19.3. The molecule has 0 aliphatic heterocycles. The number of esters is 1. The molecule has 0 saturated heterocycles. The molecule has 0 heterocycles. The third kappa shape index (κ3) is 4.77. The standard InChI is InChI=1S/C8H15F2NO2/c1-4-13-8(12)6(3)11-5(2)7(9)10/h5-7,11H,4H2,1-3H3. The highest BCUT2D eigenvalue weighted by Gasteiger charge is 2.21. The second-order valence-corrected chi connectivity index (χ2v) is 2.76. The first kappa shape index (κ1) is 12.3. The molecule has 3 nitrogen and oxygen atoms in total. The van der Waals surface area contributed by atoms with E-state index in [9.17, 15) is 13.6 Å². The molecule has 0 rings (SSSR count). The molecule has 0 saturated carbocycles. The van der Waals surface area contributed by atoms with Gasteiger partial charge in [-0.2, -0.15) is 0 Å². The van der Waals surface area contributed by atoms with Gasteiger partial charge in [-0.25, -0.2) is 8.78 Å². The fourth-order valence-electron chi connectivity index (χ4n) is 0.802. The van der Waals surface area contributed by atoms with Crippen LogP contribution in [0.1, 0.15) is 20.8 Å². The predicted molar refractivity (Wildman–Crippen MR) is 44.7 cm³/mol. The van der Waals surface area contributed by atoms with E-state index in [0.29, 0.717) is 0 Å². The average molecular weight is 195 g/mol. The Balaban J connectivity index is 3.85. The van der Waals surface area contributed by atoms with Crippen LogP contribution in [0.2, 0.25) is 0 Å². The zero-order valence-electron chi connectivity index (χ0n) is 8.01. The third-order valence-electron chi connectivity index (χ3n) is 1.53. The van der Waals surface area contributed by atoms with Gasteiger partial charge in [0, 0.05) is 0 Å². The molecule has 2 unspecified atom stereocenters. The maximum atomic E-state index is 12.0. The SMILES string of the molecule is CCOC(=O)C(C)NC(C)C(F)F. The molecule has 0 bridgehead atoms. The van der Waals surface area contributed by atoms with Gasteiger partial charge in [0.1, 0.15) is 6.04 Å². The molecule has 13 heavy (non-hydrogen) atoms. The molecule has 0 aromatic heterocycles. The summed E-state index contributed by atoms with van der Waals surface area (Å²) in [5.74, 6) is -0.505. The Hall–Kier alpha value is -0.710. The minimum Gasteiger partial charge on any atom is -0.465 e. The number of hydrogen-bond acceptors (Lipinski definition) is 3. The average Bonchev–Trinajstić information content (AvgIpc) is 2.04. The van der Waals surface area contributed by atoms with Crippen molar-refractivity contribution in [2.24, 2.45) is 0 Å². The van der Waals surface area contributed by atoms with E-state index in [4.69, 9.17) is 0 Å². The highest BCUT2D eigenvalue weighted by molar-refractivity contribution is 5.75. The Bertz CT molecular complexity index is 164. The van der Waals surface area contributed by atoms with Gasteiger partial charge >= 0.3 is 5.97 Å². The molecule has 5 heteroatoms. The zero-order valence-corrected chi connectivity index (χ0v) is 8.01. The van der Waals surface area contributed by atoms with Crippen LogP contribution in [-0.2, 0) is 9.53 Å². The van der Waals surface area contributed by atoms with Gasteiger partial charge in [0.05, 0.1) is 12.6 Å². The van der Waals surface area contributed by atoms with Gasteiger partial charge < -0.3 is 4.74 Å². The molecule has 1 N–H and O–H groups in total. The van der Waals surface area contributed by atoms with E-state index in [-0.39, 0.29) is 6.61 Å². The Kier molecular flexibility index (Phi) is 5.53. The smallest absolute Gasteiger partial charge is 0.322 e. The zero-order chi connectivity index (χ0) is 10.4. The summed E-state index contributed by atoms with van der Waals surface area (Å²) in [6.45, 7) is 4.74. The quantitative estimate of drug-likeness (QED) is 0.669. The van der Waals surface area contributed by atoms with Gasteiger partial charge in [0.25, 0.3) is 6.43 Å². The van der Waals surface area contributed by atoms with E-state index >= 15 is 0 Å². The molecular formula is C8H15F2NO2. The van der Waals surface area contributed by atoms with Crippen LogP contribution in [0, 0.1) is 0 Å². The predicted octanol–water partition coefficient (Wildman–Crippen LogP) is 1.18. The Morgan fingerprint density at radius 2 is 2.00 bits per heavy atom. The number of nitrogens with one attached hydrogen (secondary N) is 1. The summed E-state index contributed by atoms with van der Waals surface area (Å²) in [6, 6.07) is -1.69. The summed E-state index contributed by atoms with van der Waals surface area (Å²) in [5.41, 5.74) is 0. The summed E-state index contributed by atoms with van der Waals surface area (Å²) in [7, 11) is 0. The van der Waals surface area contributed by atoms with Gasteiger partial charge in [-0.3, -0.25) is 10.1 Å². The largest absolute Gasteiger partial charge is 0.465 e. The lowest BCUT2D eigenvalue weighted by Gasteiger charge is -2.17. The van der Waals surface area contributed by atoms with Gasteiger partial charge in [0.15, 0.2) is 0 Å². The maximum absolute atomic E-state index is 12.0. The Labute approximate surface area is 76.4 Å². The van der Waals surface area contributed by atoms with Crippen LogP contribution in [0.25, 0.3) is 0 Å². The van der Waals surface area contributed by atoms with Crippen LogP contribution in [-0.4, -0.2) is 31.1 Å². The minimum atomic E-state index is -2.48. The lowest BCUT2D eigenvalue weighted by molar-refractivity contribution is -0.145. The number of halogens is 2. The molecule has 0 amide bonds. The Morgan fingerprint density at radius 1 is 1.46 bits per heavy atom. The van der Waals surface area contributed by atoms with Crippen LogP contribution in [0.3, 0.4) is 0 Å². The van der Waals surface area contributed by atoms with E-state index < -0.39 is 24.5 Å². The van der Waals surface area contributed by atoms with Crippen molar-refractivity contribution in [3.63, 3.8) is 0 Å². The second-order valence-electron chi connectivity index (χ2n) is 2.76. The number of rotatable bonds is 5. The van der Waals surface area contributed by atoms with Crippen molar-refractivity contribution in [1.29, 1.82) is 0 Å². The van der Waals surface area contributed by atoms with E-state index in [2.05, 4.69) is 10.1 Å². The normalized spacial score (nSPS) is 15.5. The highest BCUT2D eigenvalue weighted by Crippen LogP contribution is 2.01. The molecule has 0 aromatic rings. The van der Waals surface area contributed by atoms with Crippen molar-refractivity contribution in [2.45, 2.75) is 39.3 Å². The Morgan fingerprint density at radius 3 is 2.38 bits per heavy atom. The fourth-order valence-corrected chi connectivity index (χ4v) is 0.802. The van der Waals surface area contributed by atoms with Gasteiger partial charge in [0.2, 0.25) is 0 Å². The fraction of sp³-hybridized carbons (Fsp3) is 0.875. The van der Waals surface area contributed by atoms with Crippen molar-refractivity contribution in [2.75, 3.05) is 6.61 Å². The first-order valence-corrected chi connectivity index (χ1v) is 4.19. The molecule has 2 atom stereocenters. The van der Waals surface area contributed by atoms with Crippen molar-refractivity contribution in [3.8, 4) is 0 Å². The number of carbonyl (C=O) groups excluding carboxylic acids is 1. The number of alkyl halides is 2. The van der Waals surface area contributed by atoms with E-state index in [1.807, 2.05) is 0 Å². The monoisotopic (exact) mass is 195 g/mol. The molecule has 0 aromatic carbocycles. The van der Waals surface area contributed by atoms with Gasteiger partial charge in [-0.05, 0) is 20.8 Å². The van der Waals surface area contributed by atoms with Crippen molar-refractivity contribution in [3.05, 3.63) is 0 Å². The molecule has 78 valence electrons. The summed E-state index contributed by atoms with van der Waals surface area (Å²) >= 11 is 0. The first-order chi connectivity index (χ1) is 5.99. The molecular weight excluding hydrogens is 180 g/mol. The van der Waals surface area contributed by atoms with Crippen LogP contribution in [0.5, 0.6) is 0 Å². The van der Waals surface area contributed by atoms with Crippen LogP contribution in [0.15, 0.2) is 0 Å². The number of hydrogen-bond donors (Lipinski definition) is 1. The van der Waals surface area contributed by atoms with E-state index in [1.165, 1.54) is 13.8 Å². The summed E-state index contributed by atoms with van der Waals surface area (Å²) in [5, 5.41) is 2.44. The summed E-state index contributed by atoms with van der Waals surface area (Å²) < 4.78 is 28.7. The summed E-state index contributed by atoms with van der Waals surface area (Å²) in [4.78, 5) is 11.0. The first-order valence-electron chi connectivity index (χ1n) is 4.19. The third-order valence-corrected chi connectivity index (χ3v) is 1.53. The van der Waals surface area contributed by atoms with E-state index in [1.54, 1.807) is 6.92 Å². The van der Waals surface area contributed by atoms with Crippen molar-refractivity contribution in [1.82, 2.24) is 5.32 Å². The van der Waals surface area contributed by atoms with E-state index in [0.717, 1.165) is 0 Å². The molecule has 0 spiro atoms. The molecule has 0 aliphatic rings. The lowest BCUT2D eigenvalue weighted by Crippen LogP contribution is -2.44. The molecule has 0 aliphatic carbocycles. The van der Waals surface area contributed by atoms with Gasteiger partial charge in [-0.15, -0.1) is 0 Å². The minimum absolute atomic E-state index is 0.258.